The molecule has 2 rings (SSSR count). The molecule has 96 valence electrons. The standard InChI is InChI=1S/C13H22BrN3/c1-4-10-5-6-13(15,7-10)8-11-12(14)9(2)16-17(11)3/h10H,4-8,15H2,1-3H3. The number of nitrogens with two attached hydrogens (primary N) is 1. The second kappa shape index (κ2) is 4.73. The number of aromatic nitrogens is 2. The first kappa shape index (κ1) is 13.1. The van der Waals surface area contributed by atoms with Crippen molar-refractivity contribution in [3.8, 4) is 0 Å². The summed E-state index contributed by atoms with van der Waals surface area (Å²) in [6.45, 7) is 4.29. The van der Waals surface area contributed by atoms with Crippen LogP contribution in [-0.2, 0) is 13.5 Å². The number of aryl methyl sites for hydroxylation is 2. The topological polar surface area (TPSA) is 43.8 Å². The normalized spacial score (nSPS) is 28.9. The molecular weight excluding hydrogens is 278 g/mol. The van der Waals surface area contributed by atoms with Crippen molar-refractivity contribution in [2.45, 2.75) is 51.5 Å². The lowest BCUT2D eigenvalue weighted by Gasteiger charge is -2.24. The molecule has 1 aromatic heterocycles. The summed E-state index contributed by atoms with van der Waals surface area (Å²) in [4.78, 5) is 0. The molecule has 0 radical (unpaired) electrons. The fourth-order valence-corrected chi connectivity index (χ4v) is 3.46. The molecule has 2 N–H and O–H groups in total. The Bertz CT molecular complexity index is 413. The quantitative estimate of drug-likeness (QED) is 0.932. The summed E-state index contributed by atoms with van der Waals surface area (Å²) in [6, 6.07) is 0. The fraction of sp³-hybridized carbons (Fsp3) is 0.769. The first-order valence-electron chi connectivity index (χ1n) is 6.42. The van der Waals surface area contributed by atoms with E-state index in [-0.39, 0.29) is 5.54 Å². The highest BCUT2D eigenvalue weighted by atomic mass is 79.9. The highest BCUT2D eigenvalue weighted by Gasteiger charge is 2.36. The first-order chi connectivity index (χ1) is 7.95. The van der Waals surface area contributed by atoms with Gasteiger partial charge in [0.05, 0.1) is 15.9 Å². The summed E-state index contributed by atoms with van der Waals surface area (Å²) in [7, 11) is 2.00. The van der Waals surface area contributed by atoms with E-state index < -0.39 is 0 Å². The van der Waals surface area contributed by atoms with Gasteiger partial charge in [-0.15, -0.1) is 0 Å². The van der Waals surface area contributed by atoms with E-state index >= 15 is 0 Å². The lowest BCUT2D eigenvalue weighted by molar-refractivity contribution is 0.396. The second-order valence-electron chi connectivity index (χ2n) is 5.53. The molecule has 1 saturated carbocycles. The molecule has 0 aromatic carbocycles. The molecule has 0 spiro atoms. The third kappa shape index (κ3) is 2.58. The van der Waals surface area contributed by atoms with E-state index in [0.29, 0.717) is 0 Å². The van der Waals surface area contributed by atoms with Gasteiger partial charge in [0.25, 0.3) is 0 Å². The molecule has 17 heavy (non-hydrogen) atoms. The van der Waals surface area contributed by atoms with Crippen molar-refractivity contribution in [2.75, 3.05) is 0 Å². The van der Waals surface area contributed by atoms with Crippen molar-refractivity contribution < 1.29 is 0 Å². The van der Waals surface area contributed by atoms with Gasteiger partial charge in [-0.2, -0.15) is 5.10 Å². The van der Waals surface area contributed by atoms with Gasteiger partial charge in [-0.3, -0.25) is 4.68 Å². The van der Waals surface area contributed by atoms with Crippen LogP contribution >= 0.6 is 15.9 Å². The van der Waals surface area contributed by atoms with Gasteiger partial charge in [0, 0.05) is 19.0 Å². The van der Waals surface area contributed by atoms with Gasteiger partial charge in [0.2, 0.25) is 0 Å². The number of rotatable bonds is 3. The van der Waals surface area contributed by atoms with E-state index in [1.54, 1.807) is 0 Å². The molecule has 0 amide bonds. The van der Waals surface area contributed by atoms with Crippen LogP contribution in [0.2, 0.25) is 0 Å². The lowest BCUT2D eigenvalue weighted by Crippen LogP contribution is -2.40. The van der Waals surface area contributed by atoms with Crippen molar-refractivity contribution in [3.05, 3.63) is 15.9 Å². The summed E-state index contributed by atoms with van der Waals surface area (Å²) in [5.41, 5.74) is 8.81. The SMILES string of the molecule is CCC1CCC(N)(Cc2c(Br)c(C)nn2C)C1. The molecule has 2 unspecified atom stereocenters. The number of halogens is 1. The predicted molar refractivity (Wildman–Crippen MR) is 73.9 cm³/mol. The Kier molecular flexibility index (Phi) is 3.64. The van der Waals surface area contributed by atoms with Crippen molar-refractivity contribution >= 4 is 15.9 Å². The molecule has 0 aliphatic heterocycles. The number of nitrogens with zero attached hydrogens (tertiary/aromatic N) is 2. The van der Waals surface area contributed by atoms with Crippen LogP contribution < -0.4 is 5.73 Å². The maximum atomic E-state index is 6.54. The van der Waals surface area contributed by atoms with Gasteiger partial charge in [0.1, 0.15) is 0 Å². The maximum absolute atomic E-state index is 6.54. The van der Waals surface area contributed by atoms with Crippen LogP contribution in [0.25, 0.3) is 0 Å². The van der Waals surface area contributed by atoms with Gasteiger partial charge in [0.15, 0.2) is 0 Å². The van der Waals surface area contributed by atoms with E-state index in [1.165, 1.54) is 18.5 Å². The van der Waals surface area contributed by atoms with Crippen molar-refractivity contribution in [1.82, 2.24) is 9.78 Å². The van der Waals surface area contributed by atoms with E-state index in [2.05, 4.69) is 28.0 Å². The fourth-order valence-electron chi connectivity index (χ4n) is 2.99. The minimum absolute atomic E-state index is 0.0244. The zero-order chi connectivity index (χ0) is 12.6. The Balaban J connectivity index is 2.16. The largest absolute Gasteiger partial charge is 0.325 e. The van der Waals surface area contributed by atoms with Crippen LogP contribution in [0.5, 0.6) is 0 Å². The Labute approximate surface area is 112 Å². The van der Waals surface area contributed by atoms with Gasteiger partial charge < -0.3 is 5.73 Å². The minimum Gasteiger partial charge on any atom is -0.325 e. The van der Waals surface area contributed by atoms with Gasteiger partial charge in [-0.1, -0.05) is 13.3 Å². The van der Waals surface area contributed by atoms with E-state index in [1.807, 2.05) is 18.7 Å². The monoisotopic (exact) mass is 299 g/mol. The Morgan fingerprint density at radius 1 is 1.59 bits per heavy atom. The first-order valence-corrected chi connectivity index (χ1v) is 7.21. The van der Waals surface area contributed by atoms with Crippen LogP contribution in [0.15, 0.2) is 4.47 Å². The number of hydrogen-bond acceptors (Lipinski definition) is 2. The lowest BCUT2D eigenvalue weighted by atomic mass is 9.91. The molecule has 1 aromatic rings. The zero-order valence-electron chi connectivity index (χ0n) is 11.0. The minimum atomic E-state index is -0.0244. The van der Waals surface area contributed by atoms with Gasteiger partial charge in [-0.05, 0) is 48.0 Å². The second-order valence-corrected chi connectivity index (χ2v) is 6.32. The third-order valence-corrected chi connectivity index (χ3v) is 5.14. The molecular formula is C13H22BrN3. The average molecular weight is 300 g/mol. The highest BCUT2D eigenvalue weighted by Crippen LogP contribution is 2.38. The third-order valence-electron chi connectivity index (χ3n) is 4.10. The molecule has 4 heteroatoms. The summed E-state index contributed by atoms with van der Waals surface area (Å²) in [5, 5.41) is 4.44. The predicted octanol–water partition coefficient (Wildman–Crippen LogP) is 2.94. The molecule has 1 aliphatic carbocycles. The van der Waals surface area contributed by atoms with E-state index in [4.69, 9.17) is 5.73 Å². The summed E-state index contributed by atoms with van der Waals surface area (Å²) >= 11 is 3.63. The average Bonchev–Trinajstić information content (AvgIpc) is 2.76. The summed E-state index contributed by atoms with van der Waals surface area (Å²) in [5.74, 6) is 0.813. The molecule has 2 atom stereocenters. The molecule has 1 aliphatic rings. The summed E-state index contributed by atoms with van der Waals surface area (Å²) < 4.78 is 3.09. The molecule has 1 fully saturated rings. The van der Waals surface area contributed by atoms with Crippen molar-refractivity contribution in [2.24, 2.45) is 18.7 Å². The summed E-state index contributed by atoms with van der Waals surface area (Å²) in [6.07, 6.45) is 5.76. The Morgan fingerprint density at radius 3 is 2.76 bits per heavy atom. The molecule has 0 bridgehead atoms. The smallest absolute Gasteiger partial charge is 0.0738 e. The van der Waals surface area contributed by atoms with Crippen LogP contribution in [0.3, 0.4) is 0 Å². The van der Waals surface area contributed by atoms with Crippen molar-refractivity contribution in [1.29, 1.82) is 0 Å². The molecule has 3 nitrogen and oxygen atoms in total. The highest BCUT2D eigenvalue weighted by molar-refractivity contribution is 9.10. The van der Waals surface area contributed by atoms with E-state index in [0.717, 1.165) is 35.3 Å². The van der Waals surface area contributed by atoms with E-state index in [9.17, 15) is 0 Å². The van der Waals surface area contributed by atoms with Crippen molar-refractivity contribution in [3.63, 3.8) is 0 Å². The Hall–Kier alpha value is -0.350. The van der Waals surface area contributed by atoms with Crippen LogP contribution in [-0.4, -0.2) is 15.3 Å². The van der Waals surface area contributed by atoms with Gasteiger partial charge in [-0.25, -0.2) is 0 Å². The molecule has 1 heterocycles. The maximum Gasteiger partial charge on any atom is 0.0738 e. The number of hydrogen-bond donors (Lipinski definition) is 1. The molecule has 0 saturated heterocycles. The van der Waals surface area contributed by atoms with Crippen LogP contribution in [0.4, 0.5) is 0 Å². The van der Waals surface area contributed by atoms with Crippen LogP contribution in [0, 0.1) is 12.8 Å². The van der Waals surface area contributed by atoms with Gasteiger partial charge >= 0.3 is 0 Å². The Morgan fingerprint density at radius 2 is 2.29 bits per heavy atom. The van der Waals surface area contributed by atoms with Crippen LogP contribution in [0.1, 0.15) is 44.0 Å². The zero-order valence-corrected chi connectivity index (χ0v) is 12.5.